The topological polar surface area (TPSA) is 83.1 Å². The minimum Gasteiger partial charge on any atom is -0.474 e. The van der Waals surface area contributed by atoms with Crippen molar-refractivity contribution in [2.75, 3.05) is 45.5 Å². The summed E-state index contributed by atoms with van der Waals surface area (Å²) in [6.07, 6.45) is -2.35. The number of alkyl halides is 3. The molecule has 2 aliphatic rings. The van der Waals surface area contributed by atoms with Crippen molar-refractivity contribution in [1.82, 2.24) is 19.1 Å². The largest absolute Gasteiger partial charge is 0.474 e. The molecule has 8 nitrogen and oxygen atoms in total. The molecule has 3 heterocycles. The molecule has 0 unspecified atom stereocenters. The van der Waals surface area contributed by atoms with Crippen LogP contribution in [0.2, 0.25) is 5.02 Å². The molecule has 1 aromatic heterocycles. The van der Waals surface area contributed by atoms with Crippen LogP contribution in [0.5, 0.6) is 5.88 Å². The average molecular weight is 575 g/mol. The van der Waals surface area contributed by atoms with Gasteiger partial charge in [0.05, 0.1) is 11.8 Å². The smallest absolute Gasteiger partial charge is 0.417 e. The molecule has 4 rings (SSSR count). The quantitative estimate of drug-likeness (QED) is 0.531. The zero-order valence-corrected chi connectivity index (χ0v) is 22.6. The summed E-state index contributed by atoms with van der Waals surface area (Å²) in [7, 11) is -3.30. The number of ether oxygens (including phenoxy) is 1. The predicted octanol–water partition coefficient (Wildman–Crippen LogP) is 4.32. The number of urea groups is 1. The first-order valence-electron chi connectivity index (χ1n) is 12.3. The van der Waals surface area contributed by atoms with E-state index in [0.29, 0.717) is 37.6 Å². The van der Waals surface area contributed by atoms with E-state index in [0.717, 1.165) is 24.1 Å². The molecule has 13 heteroatoms. The van der Waals surface area contributed by atoms with E-state index in [1.54, 1.807) is 21.9 Å². The first kappa shape index (κ1) is 28.4. The van der Waals surface area contributed by atoms with Crippen LogP contribution in [0.1, 0.15) is 30.4 Å². The Bertz CT molecular complexity index is 1220. The molecule has 2 aliphatic heterocycles. The van der Waals surface area contributed by atoms with E-state index >= 15 is 0 Å². The second-order valence-electron chi connectivity index (χ2n) is 9.69. The number of piperidine rings is 1. The SMILES string of the molecule is C[C@H](Oc1ccc(C(F)(F)F)cn1)[C@H]1CCN(C(=O)N2CCN(S(C)(=O)=O)CC2)C[C@@H]1c1ccc(Cl)cc1. The lowest BCUT2D eigenvalue weighted by Crippen LogP contribution is -2.56. The van der Waals surface area contributed by atoms with Gasteiger partial charge in [-0.3, -0.25) is 0 Å². The molecular weight excluding hydrogens is 545 g/mol. The van der Waals surface area contributed by atoms with E-state index in [1.165, 1.54) is 10.4 Å². The van der Waals surface area contributed by atoms with Crippen molar-refractivity contribution >= 4 is 27.7 Å². The van der Waals surface area contributed by atoms with E-state index in [9.17, 15) is 26.4 Å². The van der Waals surface area contributed by atoms with Crippen molar-refractivity contribution in [1.29, 1.82) is 0 Å². The Labute approximate surface area is 225 Å². The number of carbonyl (C=O) groups excluding carboxylic acids is 1. The molecule has 0 saturated carbocycles. The third-order valence-electron chi connectivity index (χ3n) is 7.19. The zero-order chi connectivity index (χ0) is 27.7. The number of aromatic nitrogens is 1. The van der Waals surface area contributed by atoms with Gasteiger partial charge in [-0.2, -0.15) is 17.5 Å². The van der Waals surface area contributed by atoms with Crippen LogP contribution in [-0.2, 0) is 16.2 Å². The number of hydrogen-bond acceptors (Lipinski definition) is 5. The molecule has 0 aliphatic carbocycles. The number of likely N-dealkylation sites (tertiary alicyclic amines) is 1. The van der Waals surface area contributed by atoms with Gasteiger partial charge in [0.15, 0.2) is 0 Å². The standard InChI is InChI=1S/C25H30ClF3N4O4S/c1-17(37-23-8-5-19(15-30-23)25(27,28)29)21-9-10-32(16-22(21)18-3-6-20(26)7-4-18)24(34)31-11-13-33(14-12-31)38(2,35)36/h3-8,15,17,21-22H,9-14,16H2,1-2H3/t17-,21+,22+/m0/s1. The van der Waals surface area contributed by atoms with Crippen molar-refractivity contribution in [2.45, 2.75) is 31.5 Å². The summed E-state index contributed by atoms with van der Waals surface area (Å²) >= 11 is 6.10. The van der Waals surface area contributed by atoms with Gasteiger partial charge in [0.2, 0.25) is 15.9 Å². The lowest BCUT2D eigenvalue weighted by atomic mass is 9.78. The van der Waals surface area contributed by atoms with Crippen molar-refractivity contribution in [3.8, 4) is 5.88 Å². The summed E-state index contributed by atoms with van der Waals surface area (Å²) < 4.78 is 69.7. The Hall–Kier alpha value is -2.57. The number of pyridine rings is 1. The summed E-state index contributed by atoms with van der Waals surface area (Å²) in [6, 6.07) is 9.38. The summed E-state index contributed by atoms with van der Waals surface area (Å²) in [5, 5.41) is 0.580. The van der Waals surface area contributed by atoms with Crippen LogP contribution in [0.4, 0.5) is 18.0 Å². The molecule has 38 heavy (non-hydrogen) atoms. The van der Waals surface area contributed by atoms with Crippen molar-refractivity contribution in [2.24, 2.45) is 5.92 Å². The molecule has 0 N–H and O–H groups in total. The third kappa shape index (κ3) is 6.70. The molecule has 0 bridgehead atoms. The number of amides is 2. The van der Waals surface area contributed by atoms with Gasteiger partial charge >= 0.3 is 12.2 Å². The fourth-order valence-electron chi connectivity index (χ4n) is 5.07. The van der Waals surface area contributed by atoms with Crippen LogP contribution < -0.4 is 4.74 Å². The van der Waals surface area contributed by atoms with Crippen LogP contribution in [0.15, 0.2) is 42.6 Å². The Balaban J connectivity index is 1.47. The first-order chi connectivity index (χ1) is 17.8. The normalized spacial score (nSPS) is 22.3. The maximum Gasteiger partial charge on any atom is 0.417 e. The number of benzene rings is 1. The molecule has 1 aromatic carbocycles. The van der Waals surface area contributed by atoms with Gasteiger partial charge in [0.1, 0.15) is 6.10 Å². The summed E-state index contributed by atoms with van der Waals surface area (Å²) in [5.74, 6) is -0.0688. The van der Waals surface area contributed by atoms with Crippen molar-refractivity contribution in [3.63, 3.8) is 0 Å². The number of halogens is 4. The van der Waals surface area contributed by atoms with Crippen LogP contribution in [-0.4, -0.2) is 85.2 Å². The van der Waals surface area contributed by atoms with E-state index in [4.69, 9.17) is 16.3 Å². The van der Waals surface area contributed by atoms with E-state index < -0.39 is 27.9 Å². The average Bonchev–Trinajstić information content (AvgIpc) is 2.88. The fourth-order valence-corrected chi connectivity index (χ4v) is 6.03. The van der Waals surface area contributed by atoms with Gasteiger partial charge < -0.3 is 14.5 Å². The Morgan fingerprint density at radius 2 is 1.71 bits per heavy atom. The molecule has 2 saturated heterocycles. The summed E-state index contributed by atoms with van der Waals surface area (Å²) in [4.78, 5) is 20.6. The zero-order valence-electron chi connectivity index (χ0n) is 21.1. The molecule has 0 spiro atoms. The maximum atomic E-state index is 13.4. The summed E-state index contributed by atoms with van der Waals surface area (Å²) in [5.41, 5.74) is 0.121. The van der Waals surface area contributed by atoms with Gasteiger partial charge in [-0.25, -0.2) is 18.2 Å². The minimum atomic E-state index is -4.48. The number of sulfonamides is 1. The Morgan fingerprint density at radius 1 is 1.05 bits per heavy atom. The van der Waals surface area contributed by atoms with Gasteiger partial charge in [-0.1, -0.05) is 23.7 Å². The van der Waals surface area contributed by atoms with Gasteiger partial charge in [-0.15, -0.1) is 0 Å². The molecule has 3 atom stereocenters. The molecule has 208 valence electrons. The summed E-state index contributed by atoms with van der Waals surface area (Å²) in [6.45, 7) is 3.88. The molecule has 0 radical (unpaired) electrons. The lowest BCUT2D eigenvalue weighted by molar-refractivity contribution is -0.137. The van der Waals surface area contributed by atoms with E-state index in [-0.39, 0.29) is 36.8 Å². The molecule has 2 amide bonds. The second kappa shape index (κ2) is 11.3. The van der Waals surface area contributed by atoms with Gasteiger partial charge in [0.25, 0.3) is 0 Å². The highest BCUT2D eigenvalue weighted by molar-refractivity contribution is 7.88. The Morgan fingerprint density at radius 3 is 2.26 bits per heavy atom. The molecule has 2 fully saturated rings. The van der Waals surface area contributed by atoms with Crippen LogP contribution >= 0.6 is 11.6 Å². The highest BCUT2D eigenvalue weighted by Gasteiger charge is 2.39. The first-order valence-corrected chi connectivity index (χ1v) is 14.5. The van der Waals surface area contributed by atoms with Crippen molar-refractivity contribution < 1.29 is 31.1 Å². The van der Waals surface area contributed by atoms with Crippen LogP contribution in [0, 0.1) is 5.92 Å². The number of carbonyl (C=O) groups is 1. The highest BCUT2D eigenvalue weighted by atomic mass is 35.5. The number of rotatable bonds is 5. The highest BCUT2D eigenvalue weighted by Crippen LogP contribution is 2.37. The second-order valence-corrected chi connectivity index (χ2v) is 12.1. The minimum absolute atomic E-state index is 0.0496. The number of hydrogen-bond donors (Lipinski definition) is 0. The third-order valence-corrected chi connectivity index (χ3v) is 8.74. The number of nitrogens with zero attached hydrogens (tertiary/aromatic N) is 4. The van der Waals surface area contributed by atoms with Gasteiger partial charge in [-0.05, 0) is 37.1 Å². The van der Waals surface area contributed by atoms with Crippen LogP contribution in [0.25, 0.3) is 0 Å². The monoisotopic (exact) mass is 574 g/mol. The molecular formula is C25H30ClF3N4O4S. The van der Waals surface area contributed by atoms with E-state index in [2.05, 4.69) is 4.98 Å². The predicted molar refractivity (Wildman–Crippen MR) is 137 cm³/mol. The van der Waals surface area contributed by atoms with Crippen molar-refractivity contribution in [3.05, 3.63) is 58.7 Å². The van der Waals surface area contributed by atoms with E-state index in [1.807, 2.05) is 19.1 Å². The van der Waals surface area contributed by atoms with Crippen LogP contribution in [0.3, 0.4) is 0 Å². The van der Waals surface area contributed by atoms with Gasteiger partial charge in [0, 0.05) is 68.4 Å². The Kier molecular flexibility index (Phi) is 8.43. The number of piperazine rings is 1. The lowest BCUT2D eigenvalue weighted by Gasteiger charge is -2.43. The fraction of sp³-hybridized carbons (Fsp3) is 0.520. The maximum absolute atomic E-state index is 13.4. The molecule has 2 aromatic rings.